The number of rotatable bonds is 3. The Labute approximate surface area is 183 Å². The second kappa shape index (κ2) is 9.68. The van der Waals surface area contributed by atoms with Gasteiger partial charge in [-0.15, -0.1) is 0 Å². The Kier molecular flexibility index (Phi) is 7.17. The summed E-state index contributed by atoms with van der Waals surface area (Å²) in [5.41, 5.74) is 2.27. The van der Waals surface area contributed by atoms with Crippen LogP contribution in [-0.2, 0) is 18.4 Å². The van der Waals surface area contributed by atoms with E-state index in [0.29, 0.717) is 0 Å². The van der Waals surface area contributed by atoms with Crippen molar-refractivity contribution in [2.24, 2.45) is 7.05 Å². The summed E-state index contributed by atoms with van der Waals surface area (Å²) in [5, 5.41) is 11.4. The number of alkyl halides is 3. The molecule has 1 N–H and O–H groups in total. The first-order valence-corrected chi connectivity index (χ1v) is 10.3. The van der Waals surface area contributed by atoms with Crippen LogP contribution in [0.2, 0.25) is 0 Å². The first kappa shape index (κ1) is 23.7. The second-order valence-corrected chi connectivity index (χ2v) is 8.10. The second-order valence-electron chi connectivity index (χ2n) is 8.10. The summed E-state index contributed by atoms with van der Waals surface area (Å²) in [6, 6.07) is 3.61. The van der Waals surface area contributed by atoms with E-state index in [-0.39, 0.29) is 11.4 Å². The maximum Gasteiger partial charge on any atom is 0.490 e. The first-order valence-electron chi connectivity index (χ1n) is 10.3. The zero-order valence-corrected chi connectivity index (χ0v) is 17.8. The molecule has 8 nitrogen and oxygen atoms in total. The fourth-order valence-electron chi connectivity index (χ4n) is 4.38. The van der Waals surface area contributed by atoms with Gasteiger partial charge in [-0.1, -0.05) is 0 Å². The predicted molar refractivity (Wildman–Crippen MR) is 109 cm³/mol. The van der Waals surface area contributed by atoms with E-state index in [9.17, 15) is 18.0 Å². The monoisotopic (exact) mass is 453 g/mol. The van der Waals surface area contributed by atoms with Crippen molar-refractivity contribution in [3.63, 3.8) is 0 Å². The Hall–Kier alpha value is -2.95. The van der Waals surface area contributed by atoms with Gasteiger partial charge in [-0.05, 0) is 44.4 Å². The van der Waals surface area contributed by atoms with Crippen molar-refractivity contribution < 1.29 is 27.9 Å². The number of likely N-dealkylation sites (tertiary alicyclic amines) is 2. The highest BCUT2D eigenvalue weighted by Crippen LogP contribution is 2.39. The standard InChI is InChI=1S/C19H25N5O.C2HF3O2/c1-22-14-16(13-21-22)15-24-10-2-5-19(24)6-11-23(12-7-19)18(25)17-3-8-20-9-4-17;3-2(4,5)1(6)7/h3-4,8-9,13-14H,2,5-7,10-12,15H2,1H3;(H,6,7). The van der Waals surface area contributed by atoms with E-state index in [1.807, 2.05) is 22.8 Å². The van der Waals surface area contributed by atoms with Crippen molar-refractivity contribution in [1.82, 2.24) is 24.6 Å². The van der Waals surface area contributed by atoms with Crippen molar-refractivity contribution in [1.29, 1.82) is 0 Å². The number of hydrogen-bond donors (Lipinski definition) is 1. The maximum atomic E-state index is 12.7. The molecule has 0 aliphatic carbocycles. The number of carbonyl (C=O) groups is 2. The van der Waals surface area contributed by atoms with Gasteiger partial charge >= 0.3 is 12.1 Å². The molecule has 174 valence electrons. The molecule has 1 amide bonds. The summed E-state index contributed by atoms with van der Waals surface area (Å²) in [6.45, 7) is 3.79. The number of carboxylic acid groups (broad SMARTS) is 1. The molecule has 32 heavy (non-hydrogen) atoms. The molecule has 11 heteroatoms. The molecule has 0 unspecified atom stereocenters. The normalized spacial score (nSPS) is 18.3. The van der Waals surface area contributed by atoms with E-state index < -0.39 is 12.1 Å². The van der Waals surface area contributed by atoms with Gasteiger partial charge < -0.3 is 10.0 Å². The third kappa shape index (κ3) is 5.64. The number of nitrogens with zero attached hydrogens (tertiary/aromatic N) is 5. The van der Waals surface area contributed by atoms with Crippen LogP contribution in [-0.4, -0.2) is 72.9 Å². The number of pyridine rings is 1. The molecule has 2 aromatic rings. The van der Waals surface area contributed by atoms with E-state index in [4.69, 9.17) is 9.90 Å². The SMILES string of the molecule is Cn1cc(CN2CCCC23CCN(C(=O)c2ccncc2)CC3)cn1.O=C(O)C(F)(F)F. The smallest absolute Gasteiger partial charge is 0.475 e. The largest absolute Gasteiger partial charge is 0.490 e. The van der Waals surface area contributed by atoms with Gasteiger partial charge in [-0.2, -0.15) is 18.3 Å². The van der Waals surface area contributed by atoms with Gasteiger partial charge in [-0.3, -0.25) is 19.4 Å². The van der Waals surface area contributed by atoms with Crippen molar-refractivity contribution in [3.05, 3.63) is 48.0 Å². The highest BCUT2D eigenvalue weighted by molar-refractivity contribution is 5.94. The average molecular weight is 453 g/mol. The Morgan fingerprint density at radius 1 is 1.12 bits per heavy atom. The number of piperidine rings is 1. The van der Waals surface area contributed by atoms with Gasteiger partial charge in [-0.25, -0.2) is 4.79 Å². The lowest BCUT2D eigenvalue weighted by Gasteiger charge is -2.45. The highest BCUT2D eigenvalue weighted by atomic mass is 19.4. The number of hydrogen-bond acceptors (Lipinski definition) is 5. The van der Waals surface area contributed by atoms with Gasteiger partial charge in [0.25, 0.3) is 5.91 Å². The predicted octanol–water partition coefficient (Wildman–Crippen LogP) is 2.72. The maximum absolute atomic E-state index is 12.7. The van der Waals surface area contributed by atoms with Crippen LogP contribution >= 0.6 is 0 Å². The fourth-order valence-corrected chi connectivity index (χ4v) is 4.38. The Morgan fingerprint density at radius 2 is 1.75 bits per heavy atom. The number of carboxylic acids is 1. The van der Waals surface area contributed by atoms with E-state index in [2.05, 4.69) is 21.2 Å². The van der Waals surface area contributed by atoms with Gasteiger partial charge in [0, 0.05) is 61.9 Å². The zero-order chi connectivity index (χ0) is 23.4. The summed E-state index contributed by atoms with van der Waals surface area (Å²) >= 11 is 0. The molecule has 0 atom stereocenters. The topological polar surface area (TPSA) is 91.6 Å². The third-order valence-corrected chi connectivity index (χ3v) is 6.02. The van der Waals surface area contributed by atoms with Crippen molar-refractivity contribution in [2.45, 2.75) is 43.9 Å². The minimum Gasteiger partial charge on any atom is -0.475 e. The number of carbonyl (C=O) groups excluding carboxylic acids is 1. The summed E-state index contributed by atoms with van der Waals surface area (Å²) in [7, 11) is 1.96. The van der Waals surface area contributed by atoms with Gasteiger partial charge in [0.15, 0.2) is 0 Å². The summed E-state index contributed by atoms with van der Waals surface area (Å²) in [5.74, 6) is -2.62. The van der Waals surface area contributed by atoms with Crippen LogP contribution in [0.15, 0.2) is 36.9 Å². The van der Waals surface area contributed by atoms with E-state index in [0.717, 1.165) is 44.6 Å². The van der Waals surface area contributed by atoms with Crippen LogP contribution in [0.1, 0.15) is 41.6 Å². The lowest BCUT2D eigenvalue weighted by Crippen LogP contribution is -2.52. The lowest BCUT2D eigenvalue weighted by atomic mass is 9.84. The van der Waals surface area contributed by atoms with Crippen molar-refractivity contribution in [3.8, 4) is 0 Å². The van der Waals surface area contributed by atoms with Crippen LogP contribution in [0.25, 0.3) is 0 Å². The van der Waals surface area contributed by atoms with Gasteiger partial charge in [0.2, 0.25) is 0 Å². The van der Waals surface area contributed by atoms with Crippen LogP contribution < -0.4 is 0 Å². The zero-order valence-electron chi connectivity index (χ0n) is 17.8. The fraction of sp³-hybridized carbons (Fsp3) is 0.524. The third-order valence-electron chi connectivity index (χ3n) is 6.02. The Balaban J connectivity index is 0.000000360. The summed E-state index contributed by atoms with van der Waals surface area (Å²) < 4.78 is 33.6. The molecule has 2 aliphatic heterocycles. The van der Waals surface area contributed by atoms with E-state index in [1.165, 1.54) is 18.4 Å². The molecule has 2 fully saturated rings. The van der Waals surface area contributed by atoms with Crippen LogP contribution in [0.5, 0.6) is 0 Å². The average Bonchev–Trinajstić information content (AvgIpc) is 3.35. The van der Waals surface area contributed by atoms with Crippen molar-refractivity contribution >= 4 is 11.9 Å². The molecule has 2 saturated heterocycles. The van der Waals surface area contributed by atoms with Crippen molar-refractivity contribution in [2.75, 3.05) is 19.6 Å². The quantitative estimate of drug-likeness (QED) is 0.769. The molecular weight excluding hydrogens is 427 g/mol. The summed E-state index contributed by atoms with van der Waals surface area (Å²) in [6.07, 6.45) is 6.97. The molecule has 1 spiro atoms. The molecular formula is C21H26F3N5O3. The molecule has 0 radical (unpaired) electrons. The number of amides is 1. The van der Waals surface area contributed by atoms with Crippen LogP contribution in [0.4, 0.5) is 13.2 Å². The molecule has 2 aromatic heterocycles. The minimum absolute atomic E-state index is 0.133. The molecule has 4 rings (SSSR count). The van der Waals surface area contributed by atoms with Crippen LogP contribution in [0.3, 0.4) is 0 Å². The number of aryl methyl sites for hydroxylation is 1. The van der Waals surface area contributed by atoms with Gasteiger partial charge in [0.05, 0.1) is 6.20 Å². The number of aliphatic carboxylic acids is 1. The minimum atomic E-state index is -5.08. The molecule has 4 heterocycles. The number of halogens is 3. The van der Waals surface area contributed by atoms with Gasteiger partial charge in [0.1, 0.15) is 0 Å². The van der Waals surface area contributed by atoms with E-state index >= 15 is 0 Å². The van der Waals surface area contributed by atoms with Crippen LogP contribution in [0, 0.1) is 0 Å². The van der Waals surface area contributed by atoms with E-state index in [1.54, 1.807) is 24.5 Å². The lowest BCUT2D eigenvalue weighted by molar-refractivity contribution is -0.192. The molecule has 0 aromatic carbocycles. The Morgan fingerprint density at radius 3 is 2.28 bits per heavy atom. The molecule has 2 aliphatic rings. The summed E-state index contributed by atoms with van der Waals surface area (Å²) in [4.78, 5) is 30.2. The first-order chi connectivity index (χ1) is 15.1. The Bertz CT molecular complexity index is 924. The number of aromatic nitrogens is 3. The molecule has 0 bridgehead atoms. The highest BCUT2D eigenvalue weighted by Gasteiger charge is 2.43. The molecule has 0 saturated carbocycles.